The van der Waals surface area contributed by atoms with Gasteiger partial charge in [-0.1, -0.05) is 27.7 Å². The van der Waals surface area contributed by atoms with Gasteiger partial charge >= 0.3 is 0 Å². The molecule has 3 unspecified atom stereocenters. The van der Waals surface area contributed by atoms with Crippen LogP contribution in [0.2, 0.25) is 0 Å². The number of nitrogens with zero attached hydrogens (tertiary/aromatic N) is 1. The lowest BCUT2D eigenvalue weighted by molar-refractivity contribution is -0.816. The van der Waals surface area contributed by atoms with E-state index in [-0.39, 0.29) is 5.60 Å². The summed E-state index contributed by atoms with van der Waals surface area (Å²) in [7, 11) is 0. The Labute approximate surface area is 92.7 Å². The molecule has 0 aromatic heterocycles. The molecule has 3 atom stereocenters. The van der Waals surface area contributed by atoms with E-state index in [1.165, 1.54) is 0 Å². The van der Waals surface area contributed by atoms with Crippen LogP contribution in [0.25, 0.3) is 0 Å². The summed E-state index contributed by atoms with van der Waals surface area (Å²) >= 11 is 0. The number of hydrogen-bond donors (Lipinski definition) is 0. The number of hydrogen-bond acceptors (Lipinski definition) is 2. The van der Waals surface area contributed by atoms with Gasteiger partial charge in [-0.25, -0.2) is 4.84 Å². The summed E-state index contributed by atoms with van der Waals surface area (Å²) in [6, 6.07) is 0. The minimum atomic E-state index is -0.151. The molecular weight excluding hydrogens is 190 g/mol. The molecule has 0 aliphatic heterocycles. The lowest BCUT2D eigenvalue weighted by Gasteiger charge is -2.17. The standard InChI is InChI=1S/C12H24NO2/c1-6-12(15-13(14)7-2)8-11(12)10(5)9(3)4/h9-11H,6-8H2,1-5H3/q+1. The van der Waals surface area contributed by atoms with Gasteiger partial charge in [0, 0.05) is 19.3 Å². The van der Waals surface area contributed by atoms with Crippen LogP contribution in [0.5, 0.6) is 0 Å². The van der Waals surface area contributed by atoms with Crippen molar-refractivity contribution in [3.63, 3.8) is 0 Å². The van der Waals surface area contributed by atoms with Crippen molar-refractivity contribution in [3.05, 3.63) is 4.91 Å². The quantitative estimate of drug-likeness (QED) is 0.635. The molecule has 0 radical (unpaired) electrons. The Morgan fingerprint density at radius 3 is 2.40 bits per heavy atom. The maximum Gasteiger partial charge on any atom is 0.245 e. The van der Waals surface area contributed by atoms with Crippen LogP contribution in [0.1, 0.15) is 47.5 Å². The van der Waals surface area contributed by atoms with Gasteiger partial charge in [0.15, 0.2) is 5.60 Å². The summed E-state index contributed by atoms with van der Waals surface area (Å²) in [5.74, 6) is 1.86. The zero-order chi connectivity index (χ0) is 11.6. The first kappa shape index (κ1) is 12.5. The topological polar surface area (TPSA) is 29.3 Å². The third kappa shape index (κ3) is 2.50. The fourth-order valence-electron chi connectivity index (χ4n) is 2.29. The van der Waals surface area contributed by atoms with Crippen LogP contribution in [0.15, 0.2) is 0 Å². The van der Waals surface area contributed by atoms with Crippen molar-refractivity contribution in [2.45, 2.75) is 53.1 Å². The molecule has 1 aliphatic rings. The molecule has 0 aromatic carbocycles. The average Bonchev–Trinajstić information content (AvgIpc) is 2.91. The van der Waals surface area contributed by atoms with Crippen molar-refractivity contribution >= 4 is 0 Å². The van der Waals surface area contributed by atoms with E-state index in [1.54, 1.807) is 0 Å². The minimum Gasteiger partial charge on any atom is -0.225 e. The first-order chi connectivity index (χ1) is 6.96. The highest BCUT2D eigenvalue weighted by Gasteiger charge is 2.62. The zero-order valence-electron chi connectivity index (χ0n) is 10.6. The van der Waals surface area contributed by atoms with Gasteiger partial charge in [-0.05, 0) is 18.3 Å². The van der Waals surface area contributed by atoms with Gasteiger partial charge < -0.3 is 0 Å². The molecule has 3 heteroatoms. The van der Waals surface area contributed by atoms with Crippen molar-refractivity contribution in [3.8, 4) is 0 Å². The number of rotatable bonds is 6. The molecule has 1 rings (SSSR count). The van der Waals surface area contributed by atoms with E-state index in [0.29, 0.717) is 24.3 Å². The predicted octanol–water partition coefficient (Wildman–Crippen LogP) is 3.18. The van der Waals surface area contributed by atoms with Crippen molar-refractivity contribution in [1.82, 2.24) is 0 Å². The molecule has 3 nitrogen and oxygen atoms in total. The third-order valence-corrected chi connectivity index (χ3v) is 3.91. The Bertz CT molecular complexity index is 240. The van der Waals surface area contributed by atoms with E-state index < -0.39 is 0 Å². The lowest BCUT2D eigenvalue weighted by atomic mass is 9.91. The van der Waals surface area contributed by atoms with Gasteiger partial charge in [-0.2, -0.15) is 0 Å². The average molecular weight is 214 g/mol. The summed E-state index contributed by atoms with van der Waals surface area (Å²) in [6.07, 6.45) is 1.98. The minimum absolute atomic E-state index is 0.151. The second-order valence-corrected chi connectivity index (χ2v) is 5.07. The SMILES string of the molecule is CC[N+](=O)OC1(CC)CC1C(C)C(C)C. The fourth-order valence-corrected chi connectivity index (χ4v) is 2.29. The summed E-state index contributed by atoms with van der Waals surface area (Å²) in [5, 5.41) is 0. The molecule has 0 aromatic rings. The molecule has 0 amide bonds. The Morgan fingerprint density at radius 2 is 2.00 bits per heavy atom. The van der Waals surface area contributed by atoms with Gasteiger partial charge in [0.1, 0.15) is 0 Å². The highest BCUT2D eigenvalue weighted by atomic mass is 16.8. The van der Waals surface area contributed by atoms with E-state index in [4.69, 9.17) is 4.84 Å². The molecule has 88 valence electrons. The molecule has 0 bridgehead atoms. The normalized spacial score (nSPS) is 31.5. The van der Waals surface area contributed by atoms with Gasteiger partial charge in [-0.15, -0.1) is 0 Å². The predicted molar refractivity (Wildman–Crippen MR) is 60.4 cm³/mol. The highest BCUT2D eigenvalue weighted by Crippen LogP contribution is 2.55. The Kier molecular flexibility index (Phi) is 3.74. The van der Waals surface area contributed by atoms with E-state index in [0.717, 1.165) is 17.8 Å². The van der Waals surface area contributed by atoms with Gasteiger partial charge in [0.2, 0.25) is 11.5 Å². The van der Waals surface area contributed by atoms with Gasteiger partial charge in [-0.3, -0.25) is 0 Å². The van der Waals surface area contributed by atoms with Crippen LogP contribution in [-0.4, -0.2) is 17.1 Å². The summed E-state index contributed by atoms with van der Waals surface area (Å²) in [5.41, 5.74) is -0.151. The Morgan fingerprint density at radius 1 is 1.40 bits per heavy atom. The molecule has 1 aliphatic carbocycles. The summed E-state index contributed by atoms with van der Waals surface area (Å²) < 4.78 is 0. The zero-order valence-corrected chi connectivity index (χ0v) is 10.6. The largest absolute Gasteiger partial charge is 0.245 e. The van der Waals surface area contributed by atoms with Crippen molar-refractivity contribution < 1.29 is 9.76 Å². The van der Waals surface area contributed by atoms with E-state index in [2.05, 4.69) is 27.7 Å². The third-order valence-electron chi connectivity index (χ3n) is 3.91. The van der Waals surface area contributed by atoms with E-state index in [1.807, 2.05) is 6.92 Å². The molecule has 1 saturated carbocycles. The summed E-state index contributed by atoms with van der Waals surface area (Å²) in [6.45, 7) is 11.1. The van der Waals surface area contributed by atoms with Gasteiger partial charge in [0.25, 0.3) is 0 Å². The fraction of sp³-hybridized carbons (Fsp3) is 1.00. The molecule has 0 N–H and O–H groups in total. The lowest BCUT2D eigenvalue weighted by Crippen LogP contribution is -2.26. The monoisotopic (exact) mass is 214 g/mol. The van der Waals surface area contributed by atoms with Gasteiger partial charge in [0.05, 0.1) is 4.91 Å². The van der Waals surface area contributed by atoms with Crippen molar-refractivity contribution in [2.75, 3.05) is 6.54 Å². The molecule has 0 saturated heterocycles. The maximum absolute atomic E-state index is 11.3. The van der Waals surface area contributed by atoms with Crippen LogP contribution in [0.3, 0.4) is 0 Å². The second kappa shape index (κ2) is 4.50. The molecule has 15 heavy (non-hydrogen) atoms. The first-order valence-electron chi connectivity index (χ1n) is 6.10. The molecule has 0 heterocycles. The summed E-state index contributed by atoms with van der Waals surface area (Å²) in [4.78, 5) is 17.5. The first-order valence-corrected chi connectivity index (χ1v) is 6.10. The second-order valence-electron chi connectivity index (χ2n) is 5.07. The van der Waals surface area contributed by atoms with E-state index >= 15 is 0 Å². The van der Waals surface area contributed by atoms with Crippen molar-refractivity contribution in [1.29, 1.82) is 0 Å². The molecule has 0 spiro atoms. The van der Waals surface area contributed by atoms with Crippen molar-refractivity contribution in [2.24, 2.45) is 17.8 Å². The maximum atomic E-state index is 11.3. The Balaban J connectivity index is 2.57. The van der Waals surface area contributed by atoms with Crippen LogP contribution in [-0.2, 0) is 4.84 Å². The van der Waals surface area contributed by atoms with Crippen LogP contribution >= 0.6 is 0 Å². The highest BCUT2D eigenvalue weighted by molar-refractivity contribution is 5.05. The smallest absolute Gasteiger partial charge is 0.225 e. The van der Waals surface area contributed by atoms with Crippen LogP contribution in [0.4, 0.5) is 0 Å². The molecule has 1 fully saturated rings. The van der Waals surface area contributed by atoms with E-state index in [9.17, 15) is 4.91 Å². The van der Waals surface area contributed by atoms with Crippen LogP contribution < -0.4 is 0 Å². The molecular formula is C12H24NO2+. The Hall–Kier alpha value is -0.600. The van der Waals surface area contributed by atoms with Crippen LogP contribution in [0, 0.1) is 22.7 Å².